The number of hydrogen-bond donors (Lipinski definition) is 1. The van der Waals surface area contributed by atoms with Gasteiger partial charge in [0.15, 0.2) is 5.69 Å². The summed E-state index contributed by atoms with van der Waals surface area (Å²) in [5.41, 5.74) is 5.83. The van der Waals surface area contributed by atoms with E-state index in [1.807, 2.05) is 0 Å². The molecule has 18 heavy (non-hydrogen) atoms. The van der Waals surface area contributed by atoms with Crippen molar-refractivity contribution in [2.45, 2.75) is 6.92 Å². The number of aryl methyl sites for hydroxylation is 1. The number of nitrogens with two attached hydrogens (primary N) is 1. The molecule has 0 saturated heterocycles. The van der Waals surface area contributed by atoms with E-state index in [1.54, 1.807) is 13.0 Å². The van der Waals surface area contributed by atoms with Gasteiger partial charge in [-0.05, 0) is 18.6 Å². The van der Waals surface area contributed by atoms with Crippen molar-refractivity contribution in [3.63, 3.8) is 0 Å². The van der Waals surface area contributed by atoms with Crippen LogP contribution in [0.1, 0.15) is 5.56 Å². The zero-order valence-corrected chi connectivity index (χ0v) is 9.42. The largest absolute Gasteiger partial charge is 0.368 e. The maximum absolute atomic E-state index is 13.5. The van der Waals surface area contributed by atoms with Gasteiger partial charge in [-0.1, -0.05) is 12.1 Å². The Bertz CT molecular complexity index is 630. The summed E-state index contributed by atoms with van der Waals surface area (Å²) in [4.78, 5) is 17.6. The number of benzene rings is 1. The Morgan fingerprint density at radius 1 is 1.44 bits per heavy atom. The summed E-state index contributed by atoms with van der Waals surface area (Å²) < 4.78 is 13.5. The minimum atomic E-state index is -0.632. The molecular weight excluding hydrogens is 239 g/mol. The van der Waals surface area contributed by atoms with Crippen LogP contribution in [0.3, 0.4) is 0 Å². The fourth-order valence-corrected chi connectivity index (χ4v) is 1.48. The first-order chi connectivity index (χ1) is 8.49. The van der Waals surface area contributed by atoms with Gasteiger partial charge in [-0.25, -0.2) is 14.4 Å². The number of hydrogen-bond acceptors (Lipinski definition) is 5. The molecule has 0 fully saturated rings. The number of rotatable bonds is 2. The molecule has 1 heterocycles. The lowest BCUT2D eigenvalue weighted by atomic mass is 10.1. The predicted molar refractivity (Wildman–Crippen MR) is 63.2 cm³/mol. The van der Waals surface area contributed by atoms with E-state index in [4.69, 9.17) is 5.73 Å². The highest BCUT2D eigenvalue weighted by molar-refractivity contribution is 5.70. The number of nitro groups is 1. The van der Waals surface area contributed by atoms with Gasteiger partial charge < -0.3 is 5.73 Å². The van der Waals surface area contributed by atoms with Crippen molar-refractivity contribution in [1.82, 2.24) is 9.97 Å². The zero-order chi connectivity index (χ0) is 13.3. The van der Waals surface area contributed by atoms with Crippen LogP contribution in [-0.4, -0.2) is 14.9 Å². The van der Waals surface area contributed by atoms with Crippen LogP contribution in [0.2, 0.25) is 0 Å². The Hall–Kier alpha value is -2.57. The fraction of sp³-hybridized carbons (Fsp3) is 0.0909. The molecule has 1 aromatic heterocycles. The predicted octanol–water partition coefficient (Wildman–Crippen LogP) is 2.08. The van der Waals surface area contributed by atoms with Crippen molar-refractivity contribution in [3.8, 4) is 11.3 Å². The number of nitrogen functional groups attached to an aromatic ring is 1. The van der Waals surface area contributed by atoms with E-state index in [0.717, 1.165) is 6.20 Å². The maximum atomic E-state index is 13.5. The number of anilines is 1. The third kappa shape index (κ3) is 2.10. The summed E-state index contributed by atoms with van der Waals surface area (Å²) in [6.07, 6.45) is 1.01. The number of halogens is 1. The van der Waals surface area contributed by atoms with Gasteiger partial charge in [-0.15, -0.1) is 0 Å². The van der Waals surface area contributed by atoms with Crippen molar-refractivity contribution < 1.29 is 9.31 Å². The van der Waals surface area contributed by atoms with Crippen molar-refractivity contribution in [3.05, 3.63) is 45.9 Å². The van der Waals surface area contributed by atoms with Crippen molar-refractivity contribution in [2.24, 2.45) is 0 Å². The summed E-state index contributed by atoms with van der Waals surface area (Å²) in [6, 6.07) is 4.25. The van der Waals surface area contributed by atoms with Gasteiger partial charge in [0.1, 0.15) is 12.0 Å². The van der Waals surface area contributed by atoms with Gasteiger partial charge >= 0.3 is 5.69 Å². The van der Waals surface area contributed by atoms with Crippen molar-refractivity contribution in [1.29, 1.82) is 0 Å². The second-order valence-electron chi connectivity index (χ2n) is 3.68. The smallest absolute Gasteiger partial charge is 0.313 e. The molecule has 0 aliphatic heterocycles. The molecule has 2 N–H and O–H groups in total. The average Bonchev–Trinajstić information content (AvgIpc) is 2.32. The van der Waals surface area contributed by atoms with E-state index in [2.05, 4.69) is 9.97 Å². The first-order valence-electron chi connectivity index (χ1n) is 5.02. The molecule has 6 nitrogen and oxygen atoms in total. The van der Waals surface area contributed by atoms with Gasteiger partial charge in [-0.2, -0.15) is 0 Å². The molecule has 92 valence electrons. The lowest BCUT2D eigenvalue weighted by molar-refractivity contribution is -0.384. The van der Waals surface area contributed by atoms with Gasteiger partial charge in [0.2, 0.25) is 5.95 Å². The lowest BCUT2D eigenvalue weighted by Gasteiger charge is -2.04. The maximum Gasteiger partial charge on any atom is 0.313 e. The monoisotopic (exact) mass is 248 g/mol. The molecule has 1 aromatic carbocycles. The summed E-state index contributed by atoms with van der Waals surface area (Å²) in [7, 11) is 0. The molecule has 0 bridgehead atoms. The molecular formula is C11H9FN4O2. The van der Waals surface area contributed by atoms with Crippen LogP contribution in [0.25, 0.3) is 11.3 Å². The number of aromatic nitrogens is 2. The van der Waals surface area contributed by atoms with Crippen LogP contribution in [0.5, 0.6) is 0 Å². The van der Waals surface area contributed by atoms with E-state index in [1.165, 1.54) is 12.1 Å². The minimum absolute atomic E-state index is 0.00593. The molecule has 0 radical (unpaired) electrons. The Morgan fingerprint density at radius 3 is 2.78 bits per heavy atom. The van der Waals surface area contributed by atoms with Crippen molar-refractivity contribution in [2.75, 3.05) is 5.73 Å². The third-order valence-electron chi connectivity index (χ3n) is 2.43. The Labute approximate surface area is 101 Å². The second-order valence-corrected chi connectivity index (χ2v) is 3.68. The normalized spacial score (nSPS) is 10.3. The Balaban J connectivity index is 2.65. The quantitative estimate of drug-likeness (QED) is 0.648. The number of nitrogens with zero attached hydrogens (tertiary/aromatic N) is 3. The molecule has 0 saturated carbocycles. The molecule has 2 aromatic rings. The van der Waals surface area contributed by atoms with Crippen LogP contribution < -0.4 is 5.73 Å². The van der Waals surface area contributed by atoms with Crippen LogP contribution >= 0.6 is 0 Å². The summed E-state index contributed by atoms with van der Waals surface area (Å²) in [6.45, 7) is 1.60. The molecule has 0 unspecified atom stereocenters. The molecule has 0 aliphatic carbocycles. The highest BCUT2D eigenvalue weighted by Gasteiger charge is 2.18. The Morgan fingerprint density at radius 2 is 2.17 bits per heavy atom. The van der Waals surface area contributed by atoms with Gasteiger partial charge in [0.05, 0.1) is 4.92 Å². The second kappa shape index (κ2) is 4.36. The van der Waals surface area contributed by atoms with Gasteiger partial charge in [0.25, 0.3) is 0 Å². The average molecular weight is 248 g/mol. The molecule has 0 amide bonds. The van der Waals surface area contributed by atoms with Crippen LogP contribution in [0, 0.1) is 22.9 Å². The van der Waals surface area contributed by atoms with Crippen molar-refractivity contribution >= 4 is 11.6 Å². The summed E-state index contributed by atoms with van der Waals surface area (Å²) in [5.74, 6) is -0.560. The highest BCUT2D eigenvalue weighted by Crippen LogP contribution is 2.28. The molecule has 7 heteroatoms. The molecule has 2 rings (SSSR count). The first-order valence-corrected chi connectivity index (χ1v) is 5.02. The first kappa shape index (κ1) is 11.9. The standard InChI is InChI=1S/C11H9FN4O2/c1-6-2-3-7(4-8(6)12)10-9(16(17)18)5-14-11(13)15-10/h2-5H,1H3,(H2,13,14,15). The van der Waals surface area contributed by atoms with Crippen LogP contribution in [0.4, 0.5) is 16.0 Å². The van der Waals surface area contributed by atoms with E-state index in [9.17, 15) is 14.5 Å². The summed E-state index contributed by atoms with van der Waals surface area (Å²) in [5, 5.41) is 10.8. The van der Waals surface area contributed by atoms with Gasteiger partial charge in [0, 0.05) is 5.56 Å². The minimum Gasteiger partial charge on any atom is -0.368 e. The van der Waals surface area contributed by atoms with E-state index < -0.39 is 10.7 Å². The summed E-state index contributed by atoms with van der Waals surface area (Å²) >= 11 is 0. The van der Waals surface area contributed by atoms with E-state index in [-0.39, 0.29) is 17.3 Å². The molecule has 0 spiro atoms. The third-order valence-corrected chi connectivity index (χ3v) is 2.43. The Kier molecular flexibility index (Phi) is 2.88. The van der Waals surface area contributed by atoms with E-state index in [0.29, 0.717) is 11.1 Å². The molecule has 0 atom stereocenters. The van der Waals surface area contributed by atoms with Crippen LogP contribution in [0.15, 0.2) is 24.4 Å². The topological polar surface area (TPSA) is 94.9 Å². The lowest BCUT2D eigenvalue weighted by Crippen LogP contribution is -2.01. The zero-order valence-electron chi connectivity index (χ0n) is 9.42. The fourth-order valence-electron chi connectivity index (χ4n) is 1.48. The highest BCUT2D eigenvalue weighted by atomic mass is 19.1. The SMILES string of the molecule is Cc1ccc(-c2nc(N)ncc2[N+](=O)[O-])cc1F. The molecule has 0 aliphatic rings. The van der Waals surface area contributed by atoms with Crippen LogP contribution in [-0.2, 0) is 0 Å². The van der Waals surface area contributed by atoms with Gasteiger partial charge in [-0.3, -0.25) is 10.1 Å². The van der Waals surface area contributed by atoms with E-state index >= 15 is 0 Å².